The van der Waals surface area contributed by atoms with Crippen LogP contribution in [0.3, 0.4) is 0 Å². The van der Waals surface area contributed by atoms with E-state index in [0.717, 1.165) is 11.1 Å². The standard InChI is InChI=1S/C18H18ClNO4/c1-12-6-7-16(8-13(12)2)23-11-18(22)24-10-17(21)20-15-5-3-4-14(19)9-15/h3-9H,10-11H2,1-2H3,(H,20,21). The van der Waals surface area contributed by atoms with E-state index in [1.807, 2.05) is 26.0 Å². The van der Waals surface area contributed by atoms with E-state index in [-0.39, 0.29) is 13.2 Å². The maximum absolute atomic E-state index is 11.7. The topological polar surface area (TPSA) is 64.6 Å². The molecule has 0 saturated heterocycles. The minimum Gasteiger partial charge on any atom is -0.482 e. The van der Waals surface area contributed by atoms with Crippen LogP contribution in [-0.2, 0) is 14.3 Å². The first-order valence-corrected chi connectivity index (χ1v) is 7.73. The largest absolute Gasteiger partial charge is 0.482 e. The maximum Gasteiger partial charge on any atom is 0.344 e. The highest BCUT2D eigenvalue weighted by molar-refractivity contribution is 6.30. The highest BCUT2D eigenvalue weighted by Crippen LogP contribution is 2.16. The van der Waals surface area contributed by atoms with Gasteiger partial charge in [-0.3, -0.25) is 4.79 Å². The summed E-state index contributed by atoms with van der Waals surface area (Å²) in [7, 11) is 0. The second kappa shape index (κ2) is 8.36. The predicted molar refractivity (Wildman–Crippen MR) is 92.5 cm³/mol. The number of nitrogens with one attached hydrogen (secondary N) is 1. The van der Waals surface area contributed by atoms with Gasteiger partial charge in [-0.2, -0.15) is 0 Å². The third-order valence-corrected chi connectivity index (χ3v) is 3.54. The van der Waals surface area contributed by atoms with E-state index in [2.05, 4.69) is 5.32 Å². The van der Waals surface area contributed by atoms with Gasteiger partial charge in [0, 0.05) is 10.7 Å². The Kier molecular flexibility index (Phi) is 6.21. The molecule has 0 atom stereocenters. The Hall–Kier alpha value is -2.53. The fraction of sp³-hybridized carbons (Fsp3) is 0.222. The number of benzene rings is 2. The van der Waals surface area contributed by atoms with Gasteiger partial charge in [0.1, 0.15) is 5.75 Å². The summed E-state index contributed by atoms with van der Waals surface area (Å²) in [4.78, 5) is 23.3. The molecule has 0 aliphatic rings. The minimum atomic E-state index is -0.616. The number of anilines is 1. The summed E-state index contributed by atoms with van der Waals surface area (Å²) in [5.74, 6) is -0.482. The summed E-state index contributed by atoms with van der Waals surface area (Å²) in [5.41, 5.74) is 2.75. The monoisotopic (exact) mass is 347 g/mol. The molecule has 0 spiro atoms. The molecule has 2 aromatic carbocycles. The number of ether oxygens (including phenoxy) is 2. The highest BCUT2D eigenvalue weighted by Gasteiger charge is 2.09. The van der Waals surface area contributed by atoms with Crippen LogP contribution in [0.15, 0.2) is 42.5 Å². The number of carbonyl (C=O) groups excluding carboxylic acids is 2. The van der Waals surface area contributed by atoms with Crippen molar-refractivity contribution in [3.05, 3.63) is 58.6 Å². The predicted octanol–water partition coefficient (Wildman–Crippen LogP) is 3.52. The number of rotatable bonds is 6. The summed E-state index contributed by atoms with van der Waals surface area (Å²) in [6, 6.07) is 12.2. The van der Waals surface area contributed by atoms with Crippen molar-refractivity contribution in [1.29, 1.82) is 0 Å². The van der Waals surface area contributed by atoms with Crippen LogP contribution >= 0.6 is 11.6 Å². The van der Waals surface area contributed by atoms with Crippen molar-refractivity contribution >= 4 is 29.2 Å². The van der Waals surface area contributed by atoms with Gasteiger partial charge in [-0.05, 0) is 55.3 Å². The van der Waals surface area contributed by atoms with Crippen LogP contribution in [0.4, 0.5) is 5.69 Å². The maximum atomic E-state index is 11.7. The Labute approximate surface area is 145 Å². The molecule has 2 rings (SSSR count). The molecule has 126 valence electrons. The molecule has 0 aliphatic carbocycles. The summed E-state index contributed by atoms with van der Waals surface area (Å²) < 4.78 is 10.2. The van der Waals surface area contributed by atoms with E-state index in [1.165, 1.54) is 0 Å². The van der Waals surface area contributed by atoms with Crippen molar-refractivity contribution in [1.82, 2.24) is 0 Å². The number of hydrogen-bond acceptors (Lipinski definition) is 4. The van der Waals surface area contributed by atoms with Crippen molar-refractivity contribution in [2.45, 2.75) is 13.8 Å². The van der Waals surface area contributed by atoms with Gasteiger partial charge >= 0.3 is 5.97 Å². The first kappa shape index (κ1) is 17.8. The van der Waals surface area contributed by atoms with Gasteiger partial charge < -0.3 is 14.8 Å². The molecule has 6 heteroatoms. The fourth-order valence-electron chi connectivity index (χ4n) is 1.90. The lowest BCUT2D eigenvalue weighted by atomic mass is 10.1. The molecule has 0 saturated carbocycles. The van der Waals surface area contributed by atoms with Crippen LogP contribution in [0, 0.1) is 13.8 Å². The zero-order chi connectivity index (χ0) is 17.5. The zero-order valence-corrected chi connectivity index (χ0v) is 14.2. The number of halogens is 1. The van der Waals surface area contributed by atoms with Gasteiger partial charge in [0.2, 0.25) is 0 Å². The molecule has 24 heavy (non-hydrogen) atoms. The lowest BCUT2D eigenvalue weighted by Gasteiger charge is -2.09. The molecule has 0 heterocycles. The molecular weight excluding hydrogens is 330 g/mol. The first-order chi connectivity index (χ1) is 11.4. The number of carbonyl (C=O) groups is 2. The van der Waals surface area contributed by atoms with Crippen LogP contribution < -0.4 is 10.1 Å². The summed E-state index contributed by atoms with van der Waals surface area (Å²) in [5, 5.41) is 3.09. The molecular formula is C18H18ClNO4. The first-order valence-electron chi connectivity index (χ1n) is 7.35. The van der Waals surface area contributed by atoms with Gasteiger partial charge in [0.05, 0.1) is 0 Å². The third kappa shape index (κ3) is 5.59. The van der Waals surface area contributed by atoms with Gasteiger partial charge in [-0.15, -0.1) is 0 Å². The molecule has 5 nitrogen and oxygen atoms in total. The lowest BCUT2D eigenvalue weighted by Crippen LogP contribution is -2.23. The molecule has 0 aromatic heterocycles. The van der Waals surface area contributed by atoms with E-state index in [9.17, 15) is 9.59 Å². The molecule has 0 unspecified atom stereocenters. The van der Waals surface area contributed by atoms with E-state index in [4.69, 9.17) is 21.1 Å². The van der Waals surface area contributed by atoms with Crippen molar-refractivity contribution in [2.24, 2.45) is 0 Å². The second-order valence-corrected chi connectivity index (χ2v) is 5.69. The Morgan fingerprint density at radius 1 is 1.04 bits per heavy atom. The number of hydrogen-bond donors (Lipinski definition) is 1. The highest BCUT2D eigenvalue weighted by atomic mass is 35.5. The van der Waals surface area contributed by atoms with Gasteiger partial charge in [-0.1, -0.05) is 23.7 Å². The number of esters is 1. The average molecular weight is 348 g/mol. The molecule has 0 radical (unpaired) electrons. The van der Waals surface area contributed by atoms with Crippen LogP contribution in [0.5, 0.6) is 5.75 Å². The van der Waals surface area contributed by atoms with E-state index in [1.54, 1.807) is 30.3 Å². The fourth-order valence-corrected chi connectivity index (χ4v) is 2.09. The Morgan fingerprint density at radius 3 is 2.54 bits per heavy atom. The van der Waals surface area contributed by atoms with Crippen molar-refractivity contribution in [2.75, 3.05) is 18.5 Å². The van der Waals surface area contributed by atoms with E-state index >= 15 is 0 Å². The molecule has 1 N–H and O–H groups in total. The van der Waals surface area contributed by atoms with Crippen LogP contribution in [0.1, 0.15) is 11.1 Å². The molecule has 0 fully saturated rings. The minimum absolute atomic E-state index is 0.257. The van der Waals surface area contributed by atoms with Crippen LogP contribution in [0.25, 0.3) is 0 Å². The molecule has 1 amide bonds. The van der Waals surface area contributed by atoms with Gasteiger partial charge in [0.25, 0.3) is 5.91 Å². The second-order valence-electron chi connectivity index (χ2n) is 5.25. The van der Waals surface area contributed by atoms with Crippen molar-refractivity contribution < 1.29 is 19.1 Å². The number of aryl methyl sites for hydroxylation is 2. The van der Waals surface area contributed by atoms with Crippen molar-refractivity contribution in [3.63, 3.8) is 0 Å². The Morgan fingerprint density at radius 2 is 1.83 bits per heavy atom. The van der Waals surface area contributed by atoms with Crippen LogP contribution in [-0.4, -0.2) is 25.1 Å². The SMILES string of the molecule is Cc1ccc(OCC(=O)OCC(=O)Nc2cccc(Cl)c2)cc1C. The van der Waals surface area contributed by atoms with Gasteiger partial charge in [0.15, 0.2) is 13.2 Å². The lowest BCUT2D eigenvalue weighted by molar-refractivity contribution is -0.149. The van der Waals surface area contributed by atoms with E-state index in [0.29, 0.717) is 16.5 Å². The molecule has 0 aliphatic heterocycles. The molecule has 0 bridgehead atoms. The van der Waals surface area contributed by atoms with Crippen molar-refractivity contribution in [3.8, 4) is 5.75 Å². The molecule has 2 aromatic rings. The van der Waals surface area contributed by atoms with E-state index < -0.39 is 11.9 Å². The zero-order valence-electron chi connectivity index (χ0n) is 13.5. The number of amides is 1. The van der Waals surface area contributed by atoms with Gasteiger partial charge in [-0.25, -0.2) is 4.79 Å². The van der Waals surface area contributed by atoms with Crippen LogP contribution in [0.2, 0.25) is 5.02 Å². The quantitative estimate of drug-likeness (QED) is 0.812. The third-order valence-electron chi connectivity index (χ3n) is 3.31. The normalized spacial score (nSPS) is 10.1. The smallest absolute Gasteiger partial charge is 0.344 e. The average Bonchev–Trinajstić information content (AvgIpc) is 2.54. The Balaban J connectivity index is 1.74. The Bertz CT molecular complexity index is 746. The summed E-state index contributed by atoms with van der Waals surface area (Å²) in [6.07, 6.45) is 0. The summed E-state index contributed by atoms with van der Waals surface area (Å²) in [6.45, 7) is 3.31. The summed E-state index contributed by atoms with van der Waals surface area (Å²) >= 11 is 5.82.